The van der Waals surface area contributed by atoms with Crippen molar-refractivity contribution in [2.75, 3.05) is 0 Å². The molecular formula is C8H11N5S2. The molecule has 0 amide bonds. The van der Waals surface area contributed by atoms with E-state index < -0.39 is 0 Å². The summed E-state index contributed by atoms with van der Waals surface area (Å²) in [6, 6.07) is 0. The van der Waals surface area contributed by atoms with E-state index in [0.717, 1.165) is 18.1 Å². The molecule has 0 aromatic carbocycles. The lowest BCUT2D eigenvalue weighted by Crippen LogP contribution is -2.06. The quantitative estimate of drug-likeness (QED) is 0.836. The number of rotatable bonds is 3. The molecule has 2 heterocycles. The summed E-state index contributed by atoms with van der Waals surface area (Å²) in [5.41, 5.74) is 0.771. The van der Waals surface area contributed by atoms with Gasteiger partial charge in [-0.15, -0.1) is 5.10 Å². The summed E-state index contributed by atoms with van der Waals surface area (Å²) in [5.74, 6) is 1.28. The molecule has 0 radical (unpaired) electrons. The first-order valence-corrected chi connectivity index (χ1v) is 5.85. The number of aromatic amines is 1. The predicted molar refractivity (Wildman–Crippen MR) is 61.2 cm³/mol. The molecule has 0 atom stereocenters. The average molecular weight is 241 g/mol. The molecule has 0 unspecified atom stereocenters. The molecule has 0 fully saturated rings. The smallest absolute Gasteiger partial charge is 0.195 e. The van der Waals surface area contributed by atoms with Crippen LogP contribution in [-0.2, 0) is 6.54 Å². The molecule has 2 aromatic heterocycles. The minimum absolute atomic E-state index is 0.514. The molecule has 0 aliphatic rings. The van der Waals surface area contributed by atoms with Gasteiger partial charge >= 0.3 is 0 Å². The van der Waals surface area contributed by atoms with E-state index in [1.807, 2.05) is 9.95 Å². The third kappa shape index (κ3) is 2.13. The van der Waals surface area contributed by atoms with E-state index in [2.05, 4.69) is 33.6 Å². The van der Waals surface area contributed by atoms with Gasteiger partial charge in [0.05, 0.1) is 0 Å². The number of aromatic nitrogens is 5. The summed E-state index contributed by atoms with van der Waals surface area (Å²) in [6.45, 7) is 5.11. The van der Waals surface area contributed by atoms with Crippen LogP contribution in [0.4, 0.5) is 0 Å². The van der Waals surface area contributed by atoms with Crippen molar-refractivity contribution in [1.82, 2.24) is 24.4 Å². The van der Waals surface area contributed by atoms with Gasteiger partial charge < -0.3 is 0 Å². The maximum absolute atomic E-state index is 5.17. The van der Waals surface area contributed by atoms with E-state index in [4.69, 9.17) is 12.2 Å². The number of H-pyrrole nitrogens is 1. The third-order valence-electron chi connectivity index (χ3n) is 1.90. The highest BCUT2D eigenvalue weighted by Gasteiger charge is 2.11. The SMILES string of the molecule is CC(C)Cn1c(-c2csnn2)n[nH]c1=S. The molecule has 0 bridgehead atoms. The molecule has 5 nitrogen and oxygen atoms in total. The Hall–Kier alpha value is -1.08. The summed E-state index contributed by atoms with van der Waals surface area (Å²) in [6.07, 6.45) is 0. The molecular weight excluding hydrogens is 230 g/mol. The number of hydrogen-bond acceptors (Lipinski definition) is 5. The summed E-state index contributed by atoms with van der Waals surface area (Å²) < 4.78 is 6.40. The Morgan fingerprint density at radius 3 is 3.00 bits per heavy atom. The first kappa shape index (κ1) is 10.4. The van der Waals surface area contributed by atoms with Crippen molar-refractivity contribution in [2.45, 2.75) is 20.4 Å². The summed E-state index contributed by atoms with van der Waals surface area (Å²) in [7, 11) is 0. The normalized spacial score (nSPS) is 11.1. The van der Waals surface area contributed by atoms with Crippen LogP contribution < -0.4 is 0 Å². The molecule has 0 aliphatic carbocycles. The fourth-order valence-electron chi connectivity index (χ4n) is 1.31. The van der Waals surface area contributed by atoms with Crippen molar-refractivity contribution >= 4 is 23.8 Å². The summed E-state index contributed by atoms with van der Waals surface area (Å²) in [5, 5.41) is 12.8. The van der Waals surface area contributed by atoms with Gasteiger partial charge in [-0.2, -0.15) is 5.10 Å². The molecule has 80 valence electrons. The van der Waals surface area contributed by atoms with E-state index in [0.29, 0.717) is 10.7 Å². The van der Waals surface area contributed by atoms with Crippen LogP contribution in [0.25, 0.3) is 11.5 Å². The van der Waals surface area contributed by atoms with Gasteiger partial charge in [0.25, 0.3) is 0 Å². The Balaban J connectivity index is 2.45. The van der Waals surface area contributed by atoms with Crippen LogP contribution in [0, 0.1) is 10.7 Å². The minimum Gasteiger partial charge on any atom is -0.299 e. The molecule has 0 aliphatic heterocycles. The molecule has 0 saturated carbocycles. The van der Waals surface area contributed by atoms with Gasteiger partial charge in [-0.05, 0) is 29.7 Å². The predicted octanol–water partition coefficient (Wildman–Crippen LogP) is 2.12. The highest BCUT2D eigenvalue weighted by Crippen LogP contribution is 2.16. The zero-order valence-corrected chi connectivity index (χ0v) is 10.1. The van der Waals surface area contributed by atoms with Gasteiger partial charge in [0.15, 0.2) is 10.6 Å². The van der Waals surface area contributed by atoms with Crippen molar-refractivity contribution in [1.29, 1.82) is 0 Å². The monoisotopic (exact) mass is 241 g/mol. The second-order valence-electron chi connectivity index (χ2n) is 3.65. The maximum atomic E-state index is 5.17. The van der Waals surface area contributed by atoms with Crippen LogP contribution in [0.2, 0.25) is 0 Å². The summed E-state index contributed by atoms with van der Waals surface area (Å²) >= 11 is 6.47. The number of hydrogen-bond donors (Lipinski definition) is 1. The second kappa shape index (κ2) is 4.19. The molecule has 2 rings (SSSR count). The van der Waals surface area contributed by atoms with Gasteiger partial charge in [-0.3, -0.25) is 9.67 Å². The number of nitrogens with one attached hydrogen (secondary N) is 1. The van der Waals surface area contributed by atoms with E-state index in [9.17, 15) is 0 Å². The Bertz CT molecular complexity index is 481. The molecule has 2 aromatic rings. The lowest BCUT2D eigenvalue weighted by molar-refractivity contribution is 0.521. The fraction of sp³-hybridized carbons (Fsp3) is 0.500. The first-order valence-electron chi connectivity index (χ1n) is 4.61. The second-order valence-corrected chi connectivity index (χ2v) is 4.64. The Morgan fingerprint density at radius 2 is 2.40 bits per heavy atom. The molecule has 0 saturated heterocycles. The average Bonchev–Trinajstić information content (AvgIpc) is 2.76. The third-order valence-corrected chi connectivity index (χ3v) is 2.71. The summed E-state index contributed by atoms with van der Waals surface area (Å²) in [4.78, 5) is 0. The maximum Gasteiger partial charge on any atom is 0.195 e. The van der Waals surface area contributed by atoms with Crippen molar-refractivity contribution in [3.8, 4) is 11.5 Å². The highest BCUT2D eigenvalue weighted by atomic mass is 32.1. The first-order chi connectivity index (χ1) is 7.18. The molecule has 7 heteroatoms. The molecule has 15 heavy (non-hydrogen) atoms. The van der Waals surface area contributed by atoms with Crippen LogP contribution in [0.1, 0.15) is 13.8 Å². The lowest BCUT2D eigenvalue weighted by atomic mass is 10.2. The van der Waals surface area contributed by atoms with E-state index in [-0.39, 0.29) is 0 Å². The Morgan fingerprint density at radius 1 is 1.60 bits per heavy atom. The van der Waals surface area contributed by atoms with Crippen LogP contribution >= 0.6 is 23.8 Å². The van der Waals surface area contributed by atoms with Gasteiger partial charge in [-0.1, -0.05) is 18.3 Å². The number of nitrogens with zero attached hydrogens (tertiary/aromatic N) is 4. The van der Waals surface area contributed by atoms with E-state index in [1.165, 1.54) is 11.5 Å². The largest absolute Gasteiger partial charge is 0.299 e. The van der Waals surface area contributed by atoms with Crippen LogP contribution in [0.15, 0.2) is 5.38 Å². The Kier molecular flexibility index (Phi) is 2.92. The standard InChI is InChI=1S/C8H11N5S2/c1-5(2)3-13-7(10-11-8(13)14)6-4-15-12-9-6/h4-5H,3H2,1-2H3,(H,11,14). The highest BCUT2D eigenvalue weighted by molar-refractivity contribution is 7.71. The fourth-order valence-corrected chi connectivity index (χ4v) is 1.95. The van der Waals surface area contributed by atoms with Crippen molar-refractivity contribution < 1.29 is 0 Å². The van der Waals surface area contributed by atoms with Crippen LogP contribution in [0.3, 0.4) is 0 Å². The van der Waals surface area contributed by atoms with E-state index >= 15 is 0 Å². The minimum atomic E-state index is 0.514. The van der Waals surface area contributed by atoms with Crippen molar-refractivity contribution in [3.05, 3.63) is 10.2 Å². The zero-order valence-electron chi connectivity index (χ0n) is 8.47. The van der Waals surface area contributed by atoms with Crippen molar-refractivity contribution in [2.24, 2.45) is 5.92 Å². The topological polar surface area (TPSA) is 59.4 Å². The van der Waals surface area contributed by atoms with Crippen molar-refractivity contribution in [3.63, 3.8) is 0 Å². The van der Waals surface area contributed by atoms with Crippen LogP contribution in [0.5, 0.6) is 0 Å². The zero-order chi connectivity index (χ0) is 10.8. The van der Waals surface area contributed by atoms with E-state index in [1.54, 1.807) is 0 Å². The molecule has 1 N–H and O–H groups in total. The van der Waals surface area contributed by atoms with Gasteiger partial charge in [0.2, 0.25) is 0 Å². The van der Waals surface area contributed by atoms with Gasteiger partial charge in [-0.25, -0.2) is 0 Å². The molecule has 0 spiro atoms. The lowest BCUT2D eigenvalue weighted by Gasteiger charge is -2.07. The Labute approximate surface area is 96.3 Å². The van der Waals surface area contributed by atoms with Gasteiger partial charge in [0, 0.05) is 11.9 Å². The van der Waals surface area contributed by atoms with Crippen LogP contribution in [-0.4, -0.2) is 24.4 Å². The van der Waals surface area contributed by atoms with Gasteiger partial charge in [0.1, 0.15) is 5.69 Å².